The summed E-state index contributed by atoms with van der Waals surface area (Å²) in [7, 11) is 0. The highest BCUT2D eigenvalue weighted by molar-refractivity contribution is 9.10. The lowest BCUT2D eigenvalue weighted by Crippen LogP contribution is -2.41. The number of benzene rings is 1. The zero-order valence-electron chi connectivity index (χ0n) is 11.8. The summed E-state index contributed by atoms with van der Waals surface area (Å²) in [6, 6.07) is 9.29. The molecule has 114 valence electrons. The van der Waals surface area contributed by atoms with E-state index in [1.165, 1.54) is 0 Å². The molecule has 2 aromatic rings. The largest absolute Gasteiger partial charge is 0.378 e. The van der Waals surface area contributed by atoms with Gasteiger partial charge in [0, 0.05) is 29.4 Å². The Balaban J connectivity index is 1.74. The van der Waals surface area contributed by atoms with Gasteiger partial charge in [0.1, 0.15) is 5.69 Å². The highest BCUT2D eigenvalue weighted by Gasteiger charge is 2.20. The molecule has 7 heteroatoms. The van der Waals surface area contributed by atoms with E-state index < -0.39 is 0 Å². The van der Waals surface area contributed by atoms with Gasteiger partial charge in [0.2, 0.25) is 5.95 Å². The van der Waals surface area contributed by atoms with Crippen LogP contribution in [0.5, 0.6) is 0 Å². The summed E-state index contributed by atoms with van der Waals surface area (Å²) in [6.07, 6.45) is 1.59. The fourth-order valence-corrected chi connectivity index (χ4v) is 2.39. The fourth-order valence-electron chi connectivity index (χ4n) is 2.13. The first kappa shape index (κ1) is 14.9. The second-order valence-electron chi connectivity index (χ2n) is 4.80. The number of morpholine rings is 1. The Morgan fingerprint density at radius 3 is 2.64 bits per heavy atom. The second kappa shape index (κ2) is 6.85. The number of hydrogen-bond donors (Lipinski definition) is 1. The lowest BCUT2D eigenvalue weighted by molar-refractivity contribution is 0.0299. The van der Waals surface area contributed by atoms with E-state index in [0.29, 0.717) is 37.9 Å². The van der Waals surface area contributed by atoms with Crippen molar-refractivity contribution in [2.24, 2.45) is 0 Å². The van der Waals surface area contributed by atoms with Crippen LogP contribution in [-0.4, -0.2) is 47.1 Å². The SMILES string of the molecule is O=C(c1ccnc(Nc2ccc(Br)cc2)n1)N1CCOCC1. The van der Waals surface area contributed by atoms with E-state index in [-0.39, 0.29) is 5.91 Å². The molecule has 2 heterocycles. The summed E-state index contributed by atoms with van der Waals surface area (Å²) in [6.45, 7) is 2.33. The molecule has 0 unspecified atom stereocenters. The minimum atomic E-state index is -0.0930. The van der Waals surface area contributed by atoms with E-state index in [0.717, 1.165) is 10.2 Å². The Bertz CT molecular complexity index is 657. The van der Waals surface area contributed by atoms with Crippen molar-refractivity contribution in [2.75, 3.05) is 31.6 Å². The lowest BCUT2D eigenvalue weighted by atomic mass is 10.3. The zero-order valence-corrected chi connectivity index (χ0v) is 13.4. The maximum atomic E-state index is 12.4. The minimum absolute atomic E-state index is 0.0930. The van der Waals surface area contributed by atoms with Crippen molar-refractivity contribution in [3.05, 3.63) is 46.7 Å². The molecule has 1 aliphatic heterocycles. The molecule has 0 spiro atoms. The molecule has 1 amide bonds. The molecule has 1 aliphatic rings. The Morgan fingerprint density at radius 2 is 1.91 bits per heavy atom. The molecule has 0 aliphatic carbocycles. The van der Waals surface area contributed by atoms with Gasteiger partial charge in [0.25, 0.3) is 5.91 Å². The van der Waals surface area contributed by atoms with Crippen LogP contribution in [-0.2, 0) is 4.74 Å². The van der Waals surface area contributed by atoms with Crippen LogP contribution >= 0.6 is 15.9 Å². The Hall–Kier alpha value is -1.99. The molecule has 1 N–H and O–H groups in total. The van der Waals surface area contributed by atoms with Gasteiger partial charge in [-0.25, -0.2) is 9.97 Å². The van der Waals surface area contributed by atoms with Crippen LogP contribution in [0.3, 0.4) is 0 Å². The fraction of sp³-hybridized carbons (Fsp3) is 0.267. The van der Waals surface area contributed by atoms with Gasteiger partial charge in [0.05, 0.1) is 13.2 Å². The van der Waals surface area contributed by atoms with E-state index in [4.69, 9.17) is 4.74 Å². The highest BCUT2D eigenvalue weighted by atomic mass is 79.9. The predicted molar refractivity (Wildman–Crippen MR) is 86.2 cm³/mol. The van der Waals surface area contributed by atoms with Gasteiger partial charge < -0.3 is 15.0 Å². The summed E-state index contributed by atoms with van der Waals surface area (Å²) < 4.78 is 6.25. The molecule has 22 heavy (non-hydrogen) atoms. The zero-order chi connectivity index (χ0) is 15.4. The Kier molecular flexibility index (Phi) is 4.65. The van der Waals surface area contributed by atoms with Crippen LogP contribution in [0.2, 0.25) is 0 Å². The van der Waals surface area contributed by atoms with Gasteiger partial charge in [-0.05, 0) is 30.3 Å². The van der Waals surface area contributed by atoms with Gasteiger partial charge in [-0.1, -0.05) is 15.9 Å². The van der Waals surface area contributed by atoms with Crippen molar-refractivity contribution < 1.29 is 9.53 Å². The number of carbonyl (C=O) groups excluding carboxylic acids is 1. The number of amides is 1. The number of rotatable bonds is 3. The van der Waals surface area contributed by atoms with Crippen LogP contribution in [0.25, 0.3) is 0 Å². The molecule has 3 rings (SSSR count). The van der Waals surface area contributed by atoms with Crippen LogP contribution in [0.4, 0.5) is 11.6 Å². The van der Waals surface area contributed by atoms with Crippen molar-refractivity contribution in [3.63, 3.8) is 0 Å². The average molecular weight is 363 g/mol. The number of ether oxygens (including phenoxy) is 1. The van der Waals surface area contributed by atoms with Gasteiger partial charge in [-0.15, -0.1) is 0 Å². The van der Waals surface area contributed by atoms with Crippen molar-refractivity contribution in [1.82, 2.24) is 14.9 Å². The van der Waals surface area contributed by atoms with Crippen molar-refractivity contribution >= 4 is 33.5 Å². The number of anilines is 2. The van der Waals surface area contributed by atoms with Crippen LogP contribution in [0, 0.1) is 0 Å². The first-order valence-corrected chi connectivity index (χ1v) is 7.74. The molecule has 1 aromatic carbocycles. The standard InChI is InChI=1S/C15H15BrN4O2/c16-11-1-3-12(4-2-11)18-15-17-6-5-13(19-15)14(21)20-7-9-22-10-8-20/h1-6H,7-10H2,(H,17,18,19). The number of nitrogens with one attached hydrogen (secondary N) is 1. The summed E-state index contributed by atoms with van der Waals surface area (Å²) in [5.74, 6) is 0.311. The summed E-state index contributed by atoms with van der Waals surface area (Å²) in [4.78, 5) is 22.6. The number of halogens is 1. The van der Waals surface area contributed by atoms with E-state index in [1.54, 1.807) is 17.2 Å². The quantitative estimate of drug-likeness (QED) is 0.908. The number of nitrogens with zero attached hydrogens (tertiary/aromatic N) is 3. The number of carbonyl (C=O) groups is 1. The minimum Gasteiger partial charge on any atom is -0.378 e. The molecule has 0 radical (unpaired) electrons. The number of hydrogen-bond acceptors (Lipinski definition) is 5. The first-order valence-electron chi connectivity index (χ1n) is 6.95. The Morgan fingerprint density at radius 1 is 1.18 bits per heavy atom. The molecule has 0 saturated carbocycles. The highest BCUT2D eigenvalue weighted by Crippen LogP contribution is 2.17. The maximum Gasteiger partial charge on any atom is 0.272 e. The summed E-state index contributed by atoms with van der Waals surface area (Å²) >= 11 is 3.39. The van der Waals surface area contributed by atoms with Gasteiger partial charge in [-0.2, -0.15) is 0 Å². The van der Waals surface area contributed by atoms with E-state index >= 15 is 0 Å². The molecular formula is C15H15BrN4O2. The second-order valence-corrected chi connectivity index (χ2v) is 5.72. The predicted octanol–water partition coefficient (Wildman–Crippen LogP) is 2.46. The third-order valence-corrected chi connectivity index (χ3v) is 3.80. The van der Waals surface area contributed by atoms with E-state index in [9.17, 15) is 4.79 Å². The number of aromatic nitrogens is 2. The summed E-state index contributed by atoms with van der Waals surface area (Å²) in [5.41, 5.74) is 1.25. The maximum absolute atomic E-state index is 12.4. The van der Waals surface area contributed by atoms with Gasteiger partial charge in [-0.3, -0.25) is 4.79 Å². The Labute approximate surface area is 136 Å². The molecule has 1 fully saturated rings. The van der Waals surface area contributed by atoms with E-state index in [1.807, 2.05) is 24.3 Å². The van der Waals surface area contributed by atoms with Crippen LogP contribution in [0.1, 0.15) is 10.5 Å². The summed E-state index contributed by atoms with van der Waals surface area (Å²) in [5, 5.41) is 3.09. The topological polar surface area (TPSA) is 67.4 Å². The molecule has 1 saturated heterocycles. The van der Waals surface area contributed by atoms with Crippen molar-refractivity contribution in [3.8, 4) is 0 Å². The smallest absolute Gasteiger partial charge is 0.272 e. The third-order valence-electron chi connectivity index (χ3n) is 3.27. The lowest BCUT2D eigenvalue weighted by Gasteiger charge is -2.26. The molecule has 0 atom stereocenters. The average Bonchev–Trinajstić information content (AvgIpc) is 2.57. The van der Waals surface area contributed by atoms with Crippen LogP contribution < -0.4 is 5.32 Å². The van der Waals surface area contributed by atoms with Gasteiger partial charge >= 0.3 is 0 Å². The monoisotopic (exact) mass is 362 g/mol. The third kappa shape index (κ3) is 3.61. The molecule has 6 nitrogen and oxygen atoms in total. The van der Waals surface area contributed by atoms with Crippen molar-refractivity contribution in [2.45, 2.75) is 0 Å². The molecular weight excluding hydrogens is 348 g/mol. The van der Waals surface area contributed by atoms with Crippen molar-refractivity contribution in [1.29, 1.82) is 0 Å². The van der Waals surface area contributed by atoms with Gasteiger partial charge in [0.15, 0.2) is 0 Å². The van der Waals surface area contributed by atoms with E-state index in [2.05, 4.69) is 31.2 Å². The first-order chi connectivity index (χ1) is 10.7. The normalized spacial score (nSPS) is 14.7. The van der Waals surface area contributed by atoms with Crippen LogP contribution in [0.15, 0.2) is 41.0 Å². The molecule has 1 aromatic heterocycles. The molecule has 0 bridgehead atoms.